The first-order valence-electron chi connectivity index (χ1n) is 7.50. The number of amides is 1. The Morgan fingerprint density at radius 3 is 2.91 bits per heavy atom. The number of nitrogens with zero attached hydrogens (tertiary/aromatic N) is 3. The number of rotatable bonds is 1. The standard InChI is InChI=1S/C17H15N3O2S/c1-17(2)9-22-16(21)20(17)15-19-14-12-5-3-10(8-18)7-11(12)4-6-13(14)23-15/h3,5,7H,4,6,9H2,1-2H3. The molecule has 0 atom stereocenters. The highest BCUT2D eigenvalue weighted by atomic mass is 32.1. The quantitative estimate of drug-likeness (QED) is 0.804. The first-order valence-corrected chi connectivity index (χ1v) is 8.31. The average Bonchev–Trinajstić information content (AvgIpc) is 3.06. The monoisotopic (exact) mass is 325 g/mol. The molecule has 1 fully saturated rings. The number of benzene rings is 1. The van der Waals surface area contributed by atoms with E-state index in [9.17, 15) is 4.79 Å². The van der Waals surface area contributed by atoms with Crippen molar-refractivity contribution < 1.29 is 9.53 Å². The molecule has 116 valence electrons. The van der Waals surface area contributed by atoms with Gasteiger partial charge in [-0.2, -0.15) is 5.26 Å². The molecule has 5 nitrogen and oxygen atoms in total. The normalized spacial score (nSPS) is 18.1. The van der Waals surface area contributed by atoms with E-state index < -0.39 is 0 Å². The van der Waals surface area contributed by atoms with Crippen LogP contribution in [0.4, 0.5) is 9.93 Å². The largest absolute Gasteiger partial charge is 0.447 e. The number of cyclic esters (lactones) is 1. The highest BCUT2D eigenvalue weighted by Gasteiger charge is 2.43. The van der Waals surface area contributed by atoms with E-state index in [1.807, 2.05) is 32.0 Å². The summed E-state index contributed by atoms with van der Waals surface area (Å²) >= 11 is 1.56. The van der Waals surface area contributed by atoms with Gasteiger partial charge in [0.15, 0.2) is 5.13 Å². The van der Waals surface area contributed by atoms with Crippen LogP contribution in [-0.4, -0.2) is 23.2 Å². The highest BCUT2D eigenvalue weighted by Crippen LogP contribution is 2.42. The lowest BCUT2D eigenvalue weighted by atomic mass is 9.92. The second-order valence-electron chi connectivity index (χ2n) is 6.45. The molecule has 0 saturated carbocycles. The lowest BCUT2D eigenvalue weighted by Gasteiger charge is -2.24. The summed E-state index contributed by atoms with van der Waals surface area (Å²) < 4.78 is 5.18. The van der Waals surface area contributed by atoms with Gasteiger partial charge in [0, 0.05) is 10.4 Å². The average molecular weight is 325 g/mol. The van der Waals surface area contributed by atoms with E-state index >= 15 is 0 Å². The highest BCUT2D eigenvalue weighted by molar-refractivity contribution is 7.16. The first-order chi connectivity index (χ1) is 11.0. The molecule has 0 unspecified atom stereocenters. The SMILES string of the molecule is CC1(C)COC(=O)N1c1nc2c(s1)CCc1cc(C#N)ccc1-2. The number of hydrogen-bond acceptors (Lipinski definition) is 5. The third-order valence-corrected chi connectivity index (χ3v) is 5.43. The maximum atomic E-state index is 12.1. The van der Waals surface area contributed by atoms with Gasteiger partial charge in [-0.15, -0.1) is 11.3 Å². The van der Waals surface area contributed by atoms with Crippen molar-refractivity contribution in [3.05, 3.63) is 34.2 Å². The van der Waals surface area contributed by atoms with Crippen molar-refractivity contribution in [3.8, 4) is 17.3 Å². The number of carbonyl (C=O) groups excluding carboxylic acids is 1. The zero-order valence-corrected chi connectivity index (χ0v) is 13.7. The van der Waals surface area contributed by atoms with Gasteiger partial charge in [0.2, 0.25) is 0 Å². The Morgan fingerprint density at radius 2 is 2.22 bits per heavy atom. The number of nitriles is 1. The molecule has 0 bridgehead atoms. The number of ether oxygens (including phenoxy) is 1. The summed E-state index contributed by atoms with van der Waals surface area (Å²) in [6, 6.07) is 7.90. The molecule has 2 aliphatic rings. The summed E-state index contributed by atoms with van der Waals surface area (Å²) in [6.07, 6.45) is 1.45. The summed E-state index contributed by atoms with van der Waals surface area (Å²) in [5.41, 5.74) is 3.44. The fourth-order valence-electron chi connectivity index (χ4n) is 3.12. The van der Waals surface area contributed by atoms with Crippen molar-refractivity contribution >= 4 is 22.6 Å². The van der Waals surface area contributed by atoms with Crippen LogP contribution in [0, 0.1) is 11.3 Å². The van der Waals surface area contributed by atoms with Gasteiger partial charge in [-0.1, -0.05) is 6.07 Å². The van der Waals surface area contributed by atoms with E-state index in [0.717, 1.165) is 29.7 Å². The lowest BCUT2D eigenvalue weighted by Crippen LogP contribution is -2.42. The first kappa shape index (κ1) is 14.2. The Bertz CT molecular complexity index is 863. The summed E-state index contributed by atoms with van der Waals surface area (Å²) in [4.78, 5) is 19.6. The van der Waals surface area contributed by atoms with Gasteiger partial charge < -0.3 is 4.74 Å². The Labute approximate surface area is 138 Å². The minimum absolute atomic E-state index is 0.332. The lowest BCUT2D eigenvalue weighted by molar-refractivity contribution is 0.175. The Balaban J connectivity index is 1.80. The molecule has 2 aromatic rings. The van der Waals surface area contributed by atoms with E-state index in [0.29, 0.717) is 17.3 Å². The van der Waals surface area contributed by atoms with Gasteiger partial charge in [0.1, 0.15) is 6.61 Å². The smallest absolute Gasteiger partial charge is 0.416 e. The van der Waals surface area contributed by atoms with Crippen LogP contribution in [0.3, 0.4) is 0 Å². The zero-order valence-electron chi connectivity index (χ0n) is 12.9. The maximum absolute atomic E-state index is 12.1. The molecular formula is C17H15N3O2S. The Kier molecular flexibility index (Phi) is 2.97. The van der Waals surface area contributed by atoms with Crippen molar-refractivity contribution in [1.82, 2.24) is 4.98 Å². The molecule has 1 aliphatic carbocycles. The molecule has 1 aliphatic heterocycles. The van der Waals surface area contributed by atoms with E-state index in [1.54, 1.807) is 16.2 Å². The minimum atomic E-state index is -0.384. The van der Waals surface area contributed by atoms with Gasteiger partial charge in [-0.05, 0) is 44.4 Å². The maximum Gasteiger partial charge on any atom is 0.416 e. The number of hydrogen-bond donors (Lipinski definition) is 0. The van der Waals surface area contributed by atoms with Crippen LogP contribution in [0.2, 0.25) is 0 Å². The number of aromatic nitrogens is 1. The Morgan fingerprint density at radius 1 is 1.39 bits per heavy atom. The molecule has 1 amide bonds. The van der Waals surface area contributed by atoms with Crippen LogP contribution in [0.15, 0.2) is 18.2 Å². The summed E-state index contributed by atoms with van der Waals surface area (Å²) in [5.74, 6) is 0. The number of thiazole rings is 1. The minimum Gasteiger partial charge on any atom is -0.447 e. The molecule has 1 aromatic carbocycles. The number of anilines is 1. The predicted octanol–water partition coefficient (Wildman–Crippen LogP) is 3.52. The number of carbonyl (C=O) groups is 1. The Hall–Kier alpha value is -2.39. The molecule has 6 heteroatoms. The van der Waals surface area contributed by atoms with Crippen molar-refractivity contribution in [3.63, 3.8) is 0 Å². The fourth-order valence-corrected chi connectivity index (χ4v) is 4.34. The molecule has 0 spiro atoms. The van der Waals surface area contributed by atoms with Crippen LogP contribution in [0.25, 0.3) is 11.3 Å². The number of fused-ring (bicyclic) bond motifs is 3. The zero-order chi connectivity index (χ0) is 16.2. The second-order valence-corrected chi connectivity index (χ2v) is 7.52. The van der Waals surface area contributed by atoms with Gasteiger partial charge in [0.05, 0.1) is 22.9 Å². The van der Waals surface area contributed by atoms with Gasteiger partial charge in [-0.3, -0.25) is 0 Å². The summed E-state index contributed by atoms with van der Waals surface area (Å²) in [6.45, 7) is 4.33. The predicted molar refractivity (Wildman–Crippen MR) is 87.6 cm³/mol. The second kappa shape index (κ2) is 4.80. The van der Waals surface area contributed by atoms with Crippen LogP contribution < -0.4 is 4.90 Å². The van der Waals surface area contributed by atoms with Crippen LogP contribution in [-0.2, 0) is 17.6 Å². The third kappa shape index (κ3) is 2.12. The molecule has 23 heavy (non-hydrogen) atoms. The summed E-state index contributed by atoms with van der Waals surface area (Å²) in [5, 5.41) is 9.74. The fraction of sp³-hybridized carbons (Fsp3) is 0.353. The van der Waals surface area contributed by atoms with E-state index in [4.69, 9.17) is 15.0 Å². The van der Waals surface area contributed by atoms with E-state index in [2.05, 4.69) is 6.07 Å². The van der Waals surface area contributed by atoms with Gasteiger partial charge >= 0.3 is 6.09 Å². The van der Waals surface area contributed by atoms with Gasteiger partial charge in [-0.25, -0.2) is 14.7 Å². The number of aryl methyl sites for hydroxylation is 2. The molecule has 1 aromatic heterocycles. The van der Waals surface area contributed by atoms with Crippen molar-refractivity contribution in [2.45, 2.75) is 32.2 Å². The van der Waals surface area contributed by atoms with Gasteiger partial charge in [0.25, 0.3) is 0 Å². The topological polar surface area (TPSA) is 66.2 Å². The molecular weight excluding hydrogens is 310 g/mol. The molecule has 2 heterocycles. The summed E-state index contributed by atoms with van der Waals surface area (Å²) in [7, 11) is 0. The molecule has 1 saturated heterocycles. The molecule has 4 rings (SSSR count). The van der Waals surface area contributed by atoms with Crippen molar-refractivity contribution in [1.29, 1.82) is 5.26 Å². The van der Waals surface area contributed by atoms with Crippen LogP contribution in [0.5, 0.6) is 0 Å². The van der Waals surface area contributed by atoms with Crippen LogP contribution >= 0.6 is 11.3 Å². The van der Waals surface area contributed by atoms with Crippen molar-refractivity contribution in [2.24, 2.45) is 0 Å². The molecule has 0 radical (unpaired) electrons. The van der Waals surface area contributed by atoms with Crippen molar-refractivity contribution in [2.75, 3.05) is 11.5 Å². The molecule has 0 N–H and O–H groups in total. The van der Waals surface area contributed by atoms with Crippen LogP contribution in [0.1, 0.15) is 29.9 Å². The third-order valence-electron chi connectivity index (χ3n) is 4.32. The van der Waals surface area contributed by atoms with E-state index in [-0.39, 0.29) is 11.6 Å². The van der Waals surface area contributed by atoms with E-state index in [1.165, 1.54) is 4.88 Å².